The molecule has 3 rings (SSSR count). The molecule has 0 fully saturated rings. The number of unbranched alkanes of at least 4 members (excludes halogenated alkanes) is 1. The minimum atomic E-state index is -0.457. The molecule has 30 heavy (non-hydrogen) atoms. The number of carbonyl (C=O) groups excluding carboxylic acids is 2. The molecule has 0 radical (unpaired) electrons. The molecule has 1 atom stereocenters. The number of allylic oxidation sites excluding steroid dienone is 3. The van der Waals surface area contributed by atoms with Gasteiger partial charge in [0, 0.05) is 29.3 Å². The number of hydrogen-bond donors (Lipinski definition) is 1. The molecule has 0 unspecified atom stereocenters. The van der Waals surface area contributed by atoms with Gasteiger partial charge in [0.1, 0.15) is 5.75 Å². The summed E-state index contributed by atoms with van der Waals surface area (Å²) in [6.07, 6.45) is 2.97. The highest BCUT2D eigenvalue weighted by atomic mass is 79.9. The number of nitrogens with one attached hydrogen (secondary N) is 1. The van der Waals surface area contributed by atoms with Crippen molar-refractivity contribution in [3.8, 4) is 5.75 Å². The molecule has 0 saturated carbocycles. The Morgan fingerprint density at radius 3 is 2.67 bits per heavy atom. The molecule has 5 nitrogen and oxygen atoms in total. The minimum absolute atomic E-state index is 0.0806. The number of ether oxygens (including phenoxy) is 2. The Hall–Kier alpha value is -2.08. The summed E-state index contributed by atoms with van der Waals surface area (Å²) in [6, 6.07) is 5.71. The van der Waals surface area contributed by atoms with Gasteiger partial charge in [0.05, 0.1) is 23.8 Å². The summed E-state index contributed by atoms with van der Waals surface area (Å²) in [5.41, 5.74) is 3.60. The maximum atomic E-state index is 13.3. The predicted octanol–water partition coefficient (Wildman–Crippen LogP) is 5.41. The van der Waals surface area contributed by atoms with E-state index in [2.05, 4.69) is 42.0 Å². The lowest BCUT2D eigenvalue weighted by Crippen LogP contribution is -2.38. The maximum absolute atomic E-state index is 13.3. The van der Waals surface area contributed by atoms with Crippen LogP contribution >= 0.6 is 15.9 Å². The second-order valence-corrected chi connectivity index (χ2v) is 9.67. The van der Waals surface area contributed by atoms with E-state index >= 15 is 0 Å². The largest absolute Gasteiger partial charge is 0.496 e. The SMILES string of the molecule is CCCCOC(=O)C1=C(C)NC2=C(C(=O)CC(C)(C)C2)[C@@H]1c1ccc(OC)c(Br)c1. The summed E-state index contributed by atoms with van der Waals surface area (Å²) in [5, 5.41) is 3.36. The van der Waals surface area contributed by atoms with E-state index < -0.39 is 5.92 Å². The maximum Gasteiger partial charge on any atom is 0.336 e. The van der Waals surface area contributed by atoms with Crippen LogP contribution in [0.2, 0.25) is 0 Å². The number of benzene rings is 1. The summed E-state index contributed by atoms with van der Waals surface area (Å²) in [5.74, 6) is -0.0430. The van der Waals surface area contributed by atoms with E-state index in [1.54, 1.807) is 7.11 Å². The van der Waals surface area contributed by atoms with Gasteiger partial charge in [-0.3, -0.25) is 4.79 Å². The van der Waals surface area contributed by atoms with Crippen LogP contribution in [-0.2, 0) is 14.3 Å². The average Bonchev–Trinajstić information content (AvgIpc) is 2.65. The van der Waals surface area contributed by atoms with Gasteiger partial charge in [-0.05, 0) is 58.8 Å². The lowest BCUT2D eigenvalue weighted by atomic mass is 9.68. The van der Waals surface area contributed by atoms with Crippen molar-refractivity contribution in [3.05, 3.63) is 50.8 Å². The van der Waals surface area contributed by atoms with Crippen molar-refractivity contribution in [1.82, 2.24) is 5.32 Å². The zero-order chi connectivity index (χ0) is 22.1. The van der Waals surface area contributed by atoms with Crippen LogP contribution in [0.4, 0.5) is 0 Å². The van der Waals surface area contributed by atoms with Gasteiger partial charge in [-0.15, -0.1) is 0 Å². The van der Waals surface area contributed by atoms with Crippen molar-refractivity contribution in [3.63, 3.8) is 0 Å². The van der Waals surface area contributed by atoms with Crippen molar-refractivity contribution in [1.29, 1.82) is 0 Å². The molecule has 1 aliphatic heterocycles. The van der Waals surface area contributed by atoms with Gasteiger partial charge < -0.3 is 14.8 Å². The number of hydrogen-bond acceptors (Lipinski definition) is 5. The predicted molar refractivity (Wildman–Crippen MR) is 120 cm³/mol. The average molecular weight is 476 g/mol. The molecule has 1 aromatic rings. The van der Waals surface area contributed by atoms with E-state index in [-0.39, 0.29) is 17.2 Å². The summed E-state index contributed by atoms with van der Waals surface area (Å²) < 4.78 is 11.7. The first kappa shape index (κ1) is 22.6. The fourth-order valence-electron chi connectivity index (χ4n) is 4.29. The lowest BCUT2D eigenvalue weighted by Gasteiger charge is -2.39. The topological polar surface area (TPSA) is 64.6 Å². The molecule has 0 saturated heterocycles. The number of dihydropyridines is 1. The van der Waals surface area contributed by atoms with Crippen LogP contribution < -0.4 is 10.1 Å². The number of ketones is 1. The lowest BCUT2D eigenvalue weighted by molar-refractivity contribution is -0.139. The number of carbonyl (C=O) groups is 2. The molecule has 1 N–H and O–H groups in total. The van der Waals surface area contributed by atoms with Gasteiger partial charge in [0.15, 0.2) is 5.78 Å². The van der Waals surface area contributed by atoms with E-state index in [0.29, 0.717) is 29.9 Å². The summed E-state index contributed by atoms with van der Waals surface area (Å²) in [4.78, 5) is 26.4. The highest BCUT2D eigenvalue weighted by molar-refractivity contribution is 9.10. The van der Waals surface area contributed by atoms with Gasteiger partial charge in [-0.1, -0.05) is 33.3 Å². The second-order valence-electron chi connectivity index (χ2n) is 8.81. The molecule has 2 aliphatic rings. The van der Waals surface area contributed by atoms with Crippen molar-refractivity contribution in [2.45, 2.75) is 59.3 Å². The molecule has 0 bridgehead atoms. The Labute approximate surface area is 187 Å². The summed E-state index contributed by atoms with van der Waals surface area (Å²) >= 11 is 3.54. The molecule has 162 valence electrons. The van der Waals surface area contributed by atoms with Crippen LogP contribution in [0.25, 0.3) is 0 Å². The Bertz CT molecular complexity index is 929. The molecule has 1 aromatic carbocycles. The molecule has 1 aliphatic carbocycles. The zero-order valence-corrected chi connectivity index (χ0v) is 19.9. The first-order chi connectivity index (χ1) is 14.2. The van der Waals surface area contributed by atoms with Gasteiger partial charge in [-0.25, -0.2) is 4.79 Å². The smallest absolute Gasteiger partial charge is 0.336 e. The van der Waals surface area contributed by atoms with E-state index in [1.165, 1.54) is 0 Å². The Morgan fingerprint density at radius 2 is 2.03 bits per heavy atom. The molecule has 0 spiro atoms. The molecule has 1 heterocycles. The molecular weight excluding hydrogens is 446 g/mol. The van der Waals surface area contributed by atoms with Crippen LogP contribution in [0.1, 0.15) is 64.9 Å². The third-order valence-corrected chi connectivity index (χ3v) is 6.32. The van der Waals surface area contributed by atoms with E-state index in [0.717, 1.165) is 40.7 Å². The Kier molecular flexibility index (Phi) is 6.75. The number of esters is 1. The number of Topliss-reactive ketones (excluding diaryl/α,β-unsaturated/α-hetero) is 1. The first-order valence-electron chi connectivity index (χ1n) is 10.4. The van der Waals surface area contributed by atoms with Gasteiger partial charge in [0.25, 0.3) is 0 Å². The first-order valence-corrected chi connectivity index (χ1v) is 11.2. The van der Waals surface area contributed by atoms with Crippen molar-refractivity contribution < 1.29 is 19.1 Å². The molecule has 0 amide bonds. The molecular formula is C24H30BrNO4. The monoisotopic (exact) mass is 475 g/mol. The zero-order valence-electron chi connectivity index (χ0n) is 18.4. The van der Waals surface area contributed by atoms with Crippen molar-refractivity contribution in [2.75, 3.05) is 13.7 Å². The van der Waals surface area contributed by atoms with E-state index in [1.807, 2.05) is 25.1 Å². The number of halogens is 1. The Balaban J connectivity index is 2.11. The molecule has 0 aromatic heterocycles. The number of rotatable bonds is 6. The van der Waals surface area contributed by atoms with Gasteiger partial charge in [-0.2, -0.15) is 0 Å². The second kappa shape index (κ2) is 8.96. The van der Waals surface area contributed by atoms with Crippen LogP contribution in [0.3, 0.4) is 0 Å². The highest BCUT2D eigenvalue weighted by Crippen LogP contribution is 2.47. The summed E-state index contributed by atoms with van der Waals surface area (Å²) in [7, 11) is 1.61. The standard InChI is InChI=1S/C24H30BrNO4/c1-6-7-10-30-23(28)20-14(2)26-17-12-24(3,4)13-18(27)22(17)21(20)15-8-9-19(29-5)16(25)11-15/h8-9,11,21,26H,6-7,10,12-13H2,1-5H3/t21-/m1/s1. The fourth-order valence-corrected chi connectivity index (χ4v) is 4.85. The Morgan fingerprint density at radius 1 is 1.30 bits per heavy atom. The van der Waals surface area contributed by atoms with Gasteiger partial charge in [0.2, 0.25) is 0 Å². The van der Waals surface area contributed by atoms with E-state index in [9.17, 15) is 9.59 Å². The van der Waals surface area contributed by atoms with Crippen LogP contribution in [0, 0.1) is 5.41 Å². The normalized spacial score (nSPS) is 20.6. The third-order valence-electron chi connectivity index (χ3n) is 5.70. The minimum Gasteiger partial charge on any atom is -0.496 e. The van der Waals surface area contributed by atoms with E-state index in [4.69, 9.17) is 9.47 Å². The van der Waals surface area contributed by atoms with Crippen molar-refractivity contribution in [2.24, 2.45) is 5.41 Å². The van der Waals surface area contributed by atoms with Crippen LogP contribution in [0.15, 0.2) is 45.2 Å². The fraction of sp³-hybridized carbons (Fsp3) is 0.500. The van der Waals surface area contributed by atoms with Crippen LogP contribution in [0.5, 0.6) is 5.75 Å². The highest BCUT2D eigenvalue weighted by Gasteiger charge is 2.43. The summed E-state index contributed by atoms with van der Waals surface area (Å²) in [6.45, 7) is 8.51. The number of methoxy groups -OCH3 is 1. The van der Waals surface area contributed by atoms with Crippen molar-refractivity contribution >= 4 is 27.7 Å². The quantitative estimate of drug-likeness (QED) is 0.440. The van der Waals surface area contributed by atoms with Crippen LogP contribution in [-0.4, -0.2) is 25.5 Å². The van der Waals surface area contributed by atoms with Gasteiger partial charge >= 0.3 is 5.97 Å². The molecule has 6 heteroatoms. The third kappa shape index (κ3) is 4.48.